The number of halogens is 1. The summed E-state index contributed by atoms with van der Waals surface area (Å²) >= 11 is 8.52. The van der Waals surface area contributed by atoms with Gasteiger partial charge in [0.25, 0.3) is 5.56 Å². The standard InChI is InChI=1S/C21H21ClN2O5S2/c1-4-28-15(25)11-30-21-23-18-16(12(3)17(31-18)20(27)29-5-2)19(26)24(21)10-13-8-6-7-9-14(13)22/h6-9H,4-5,10-11H2,1-3H3. The molecule has 0 saturated heterocycles. The third-order valence-electron chi connectivity index (χ3n) is 4.39. The highest BCUT2D eigenvalue weighted by molar-refractivity contribution is 7.99. The first-order valence-electron chi connectivity index (χ1n) is 9.60. The predicted octanol–water partition coefficient (Wildman–Crippen LogP) is 4.30. The molecule has 0 spiro atoms. The van der Waals surface area contributed by atoms with Crippen LogP contribution in [0.3, 0.4) is 0 Å². The van der Waals surface area contributed by atoms with Crippen molar-refractivity contribution < 1.29 is 19.1 Å². The summed E-state index contributed by atoms with van der Waals surface area (Å²) in [7, 11) is 0. The van der Waals surface area contributed by atoms with Gasteiger partial charge in [0, 0.05) is 5.02 Å². The van der Waals surface area contributed by atoms with Crippen LogP contribution in [0, 0.1) is 6.92 Å². The number of hydrogen-bond acceptors (Lipinski definition) is 8. The molecule has 2 heterocycles. The monoisotopic (exact) mass is 480 g/mol. The van der Waals surface area contributed by atoms with Crippen molar-refractivity contribution in [3.63, 3.8) is 0 Å². The maximum Gasteiger partial charge on any atom is 0.348 e. The molecule has 0 bridgehead atoms. The zero-order valence-corrected chi connectivity index (χ0v) is 19.7. The largest absolute Gasteiger partial charge is 0.465 e. The second-order valence-corrected chi connectivity index (χ2v) is 8.78. The Labute approximate surface area is 192 Å². The Balaban J connectivity index is 2.13. The maximum absolute atomic E-state index is 13.5. The lowest BCUT2D eigenvalue weighted by atomic mass is 10.2. The second kappa shape index (κ2) is 10.3. The number of benzene rings is 1. The van der Waals surface area contributed by atoms with Gasteiger partial charge >= 0.3 is 11.9 Å². The van der Waals surface area contributed by atoms with Crippen LogP contribution in [0.5, 0.6) is 0 Å². The third-order valence-corrected chi connectivity index (χ3v) is 6.87. The number of ether oxygens (including phenoxy) is 2. The van der Waals surface area contributed by atoms with E-state index >= 15 is 0 Å². The average molecular weight is 481 g/mol. The van der Waals surface area contributed by atoms with Crippen LogP contribution in [-0.4, -0.2) is 40.5 Å². The fourth-order valence-corrected chi connectivity index (χ4v) is 5.07. The highest BCUT2D eigenvalue weighted by atomic mass is 35.5. The van der Waals surface area contributed by atoms with Gasteiger partial charge in [-0.15, -0.1) is 11.3 Å². The molecule has 0 aliphatic rings. The maximum atomic E-state index is 13.5. The van der Waals surface area contributed by atoms with Crippen molar-refractivity contribution in [2.45, 2.75) is 32.5 Å². The van der Waals surface area contributed by atoms with Crippen LogP contribution < -0.4 is 5.56 Å². The summed E-state index contributed by atoms with van der Waals surface area (Å²) in [4.78, 5) is 43.0. The molecule has 0 fully saturated rings. The van der Waals surface area contributed by atoms with Crippen LogP contribution in [0.15, 0.2) is 34.2 Å². The molecule has 0 saturated carbocycles. The fourth-order valence-electron chi connectivity index (χ4n) is 2.96. The van der Waals surface area contributed by atoms with Crippen LogP contribution in [0.1, 0.15) is 34.6 Å². The van der Waals surface area contributed by atoms with Gasteiger partial charge in [-0.05, 0) is 38.0 Å². The minimum atomic E-state index is -0.485. The minimum absolute atomic E-state index is 0.00337. The van der Waals surface area contributed by atoms with Gasteiger partial charge in [0.2, 0.25) is 0 Å². The van der Waals surface area contributed by atoms with Gasteiger partial charge < -0.3 is 9.47 Å². The molecule has 0 amide bonds. The SMILES string of the molecule is CCOC(=O)CSc1nc2sc(C(=O)OCC)c(C)c2c(=O)n1Cc1ccccc1Cl. The van der Waals surface area contributed by atoms with Crippen molar-refractivity contribution in [1.82, 2.24) is 9.55 Å². The molecule has 0 radical (unpaired) electrons. The lowest BCUT2D eigenvalue weighted by Gasteiger charge is -2.13. The molecule has 164 valence electrons. The zero-order chi connectivity index (χ0) is 22.5. The number of thiophene rings is 1. The molecule has 0 unspecified atom stereocenters. The first kappa shape index (κ1) is 23.3. The van der Waals surface area contributed by atoms with Crippen molar-refractivity contribution in [2.24, 2.45) is 0 Å². The number of fused-ring (bicyclic) bond motifs is 1. The Morgan fingerprint density at radius 1 is 1.19 bits per heavy atom. The van der Waals surface area contributed by atoms with Gasteiger partial charge in [0.1, 0.15) is 9.71 Å². The molecule has 3 aromatic rings. The van der Waals surface area contributed by atoms with Crippen LogP contribution in [0.4, 0.5) is 0 Å². The topological polar surface area (TPSA) is 87.5 Å². The van der Waals surface area contributed by atoms with Gasteiger partial charge in [-0.1, -0.05) is 41.6 Å². The summed E-state index contributed by atoms with van der Waals surface area (Å²) in [6.07, 6.45) is 0. The average Bonchev–Trinajstić information content (AvgIpc) is 3.07. The Bertz CT molecular complexity index is 1190. The van der Waals surface area contributed by atoms with Crippen LogP contribution in [0.25, 0.3) is 10.2 Å². The molecular formula is C21H21ClN2O5S2. The van der Waals surface area contributed by atoms with E-state index in [0.717, 1.165) is 28.7 Å². The number of rotatable bonds is 8. The van der Waals surface area contributed by atoms with Crippen molar-refractivity contribution in [1.29, 1.82) is 0 Å². The van der Waals surface area contributed by atoms with E-state index in [1.165, 1.54) is 4.57 Å². The molecule has 2 aromatic heterocycles. The van der Waals surface area contributed by atoms with E-state index in [2.05, 4.69) is 4.98 Å². The number of esters is 2. The Kier molecular flexibility index (Phi) is 7.74. The van der Waals surface area contributed by atoms with E-state index in [9.17, 15) is 14.4 Å². The number of carbonyl (C=O) groups is 2. The molecule has 3 rings (SSSR count). The molecule has 0 aliphatic heterocycles. The summed E-state index contributed by atoms with van der Waals surface area (Å²) < 4.78 is 11.6. The Hall–Kier alpha value is -2.36. The number of aryl methyl sites for hydroxylation is 1. The molecule has 0 atom stereocenters. The van der Waals surface area contributed by atoms with E-state index in [-0.39, 0.29) is 31.1 Å². The lowest BCUT2D eigenvalue weighted by Crippen LogP contribution is -2.24. The van der Waals surface area contributed by atoms with Gasteiger partial charge in [-0.25, -0.2) is 9.78 Å². The van der Waals surface area contributed by atoms with E-state index in [0.29, 0.717) is 30.8 Å². The van der Waals surface area contributed by atoms with E-state index in [1.807, 2.05) is 12.1 Å². The normalized spacial score (nSPS) is 11.0. The second-order valence-electron chi connectivity index (χ2n) is 6.43. The number of nitrogens with zero attached hydrogens (tertiary/aromatic N) is 2. The molecule has 1 aromatic carbocycles. The summed E-state index contributed by atoms with van der Waals surface area (Å²) in [5, 5.41) is 1.23. The highest BCUT2D eigenvalue weighted by Gasteiger charge is 2.23. The fraction of sp³-hybridized carbons (Fsp3) is 0.333. The van der Waals surface area contributed by atoms with Gasteiger partial charge in [0.05, 0.1) is 30.9 Å². The molecule has 10 heteroatoms. The van der Waals surface area contributed by atoms with Crippen molar-refractivity contribution >= 4 is 56.9 Å². The van der Waals surface area contributed by atoms with E-state index in [1.54, 1.807) is 32.9 Å². The van der Waals surface area contributed by atoms with Gasteiger partial charge in [-0.3, -0.25) is 14.2 Å². The number of carbonyl (C=O) groups excluding carboxylic acids is 2. The first-order valence-corrected chi connectivity index (χ1v) is 11.8. The molecule has 0 aliphatic carbocycles. The predicted molar refractivity (Wildman–Crippen MR) is 122 cm³/mol. The lowest BCUT2D eigenvalue weighted by molar-refractivity contribution is -0.139. The highest BCUT2D eigenvalue weighted by Crippen LogP contribution is 2.30. The Morgan fingerprint density at radius 2 is 1.90 bits per heavy atom. The number of hydrogen-bond donors (Lipinski definition) is 0. The Morgan fingerprint density at radius 3 is 2.58 bits per heavy atom. The number of thioether (sulfide) groups is 1. The summed E-state index contributed by atoms with van der Waals surface area (Å²) in [5.74, 6) is -0.884. The third kappa shape index (κ3) is 5.11. The molecule has 31 heavy (non-hydrogen) atoms. The van der Waals surface area contributed by atoms with Gasteiger partial charge in [-0.2, -0.15) is 0 Å². The molecule has 0 N–H and O–H groups in total. The van der Waals surface area contributed by atoms with Gasteiger partial charge in [0.15, 0.2) is 5.16 Å². The first-order chi connectivity index (χ1) is 14.9. The van der Waals surface area contributed by atoms with E-state index in [4.69, 9.17) is 21.1 Å². The quantitative estimate of drug-likeness (QED) is 0.270. The smallest absolute Gasteiger partial charge is 0.348 e. The minimum Gasteiger partial charge on any atom is -0.465 e. The summed E-state index contributed by atoms with van der Waals surface area (Å²) in [6, 6.07) is 7.21. The molecular weight excluding hydrogens is 460 g/mol. The van der Waals surface area contributed by atoms with Crippen LogP contribution in [0.2, 0.25) is 5.02 Å². The molecule has 7 nitrogen and oxygen atoms in total. The van der Waals surface area contributed by atoms with Crippen molar-refractivity contribution in [3.05, 3.63) is 55.6 Å². The summed E-state index contributed by atoms with van der Waals surface area (Å²) in [5.41, 5.74) is 0.968. The van der Waals surface area contributed by atoms with E-state index < -0.39 is 11.9 Å². The number of aromatic nitrogens is 2. The van der Waals surface area contributed by atoms with Crippen LogP contribution in [-0.2, 0) is 20.8 Å². The zero-order valence-electron chi connectivity index (χ0n) is 17.3. The van der Waals surface area contributed by atoms with Crippen molar-refractivity contribution in [3.8, 4) is 0 Å². The van der Waals surface area contributed by atoms with Crippen LogP contribution >= 0.6 is 34.7 Å². The van der Waals surface area contributed by atoms with Crippen molar-refractivity contribution in [2.75, 3.05) is 19.0 Å². The summed E-state index contributed by atoms with van der Waals surface area (Å²) in [6.45, 7) is 5.84.